The van der Waals surface area contributed by atoms with E-state index in [2.05, 4.69) is 20.6 Å². The van der Waals surface area contributed by atoms with Crippen LogP contribution in [0.1, 0.15) is 20.8 Å². The molecule has 30 heavy (non-hydrogen) atoms. The molecule has 1 amide bonds. The van der Waals surface area contributed by atoms with Crippen molar-refractivity contribution in [3.05, 3.63) is 24.5 Å². The molecule has 0 aromatic carbocycles. The van der Waals surface area contributed by atoms with Crippen molar-refractivity contribution < 1.29 is 17.9 Å². The van der Waals surface area contributed by atoms with Gasteiger partial charge in [0.25, 0.3) is 0 Å². The lowest BCUT2D eigenvalue weighted by Crippen LogP contribution is -2.54. The number of hydrogen-bond donors (Lipinski definition) is 2. The molecule has 1 saturated heterocycles. The molecular formula is C19H32N6O4S. The molecule has 2 heterocycles. The summed E-state index contributed by atoms with van der Waals surface area (Å²) in [6.45, 7) is 8.24. The lowest BCUT2D eigenvalue weighted by molar-refractivity contribution is -0.114. The normalized spacial score (nSPS) is 16.0. The van der Waals surface area contributed by atoms with Gasteiger partial charge in [-0.15, -0.1) is 0 Å². The van der Waals surface area contributed by atoms with Gasteiger partial charge in [-0.25, -0.2) is 13.4 Å². The van der Waals surface area contributed by atoms with Gasteiger partial charge in [0.05, 0.1) is 30.3 Å². The highest BCUT2D eigenvalue weighted by atomic mass is 32.2. The number of sulfonamides is 1. The molecule has 1 aromatic rings. The summed E-state index contributed by atoms with van der Waals surface area (Å²) in [4.78, 5) is 22.5. The van der Waals surface area contributed by atoms with Crippen LogP contribution in [0, 0.1) is 0 Å². The predicted octanol–water partition coefficient (Wildman–Crippen LogP) is 0.358. The number of anilines is 1. The molecule has 10 nitrogen and oxygen atoms in total. The minimum atomic E-state index is -3.35. The number of pyridine rings is 1. The third-order valence-electron chi connectivity index (χ3n) is 4.38. The zero-order chi connectivity index (χ0) is 22.0. The van der Waals surface area contributed by atoms with E-state index in [0.29, 0.717) is 44.4 Å². The average molecular weight is 441 g/mol. The number of carbonyl (C=O) groups is 1. The van der Waals surface area contributed by atoms with Gasteiger partial charge in [0, 0.05) is 38.9 Å². The van der Waals surface area contributed by atoms with Gasteiger partial charge >= 0.3 is 0 Å². The number of nitrogens with zero attached hydrogens (tertiary/aromatic N) is 4. The second kappa shape index (κ2) is 11.8. The summed E-state index contributed by atoms with van der Waals surface area (Å²) in [5.41, 5.74) is 0.614. The zero-order valence-corrected chi connectivity index (χ0v) is 18.7. The highest BCUT2D eigenvalue weighted by Crippen LogP contribution is 2.09. The summed E-state index contributed by atoms with van der Waals surface area (Å²) in [5, 5.41) is 5.91. The number of piperazine rings is 1. The van der Waals surface area contributed by atoms with E-state index in [1.807, 2.05) is 25.7 Å². The molecule has 0 atom stereocenters. The summed E-state index contributed by atoms with van der Waals surface area (Å²) in [6.07, 6.45) is 3.21. The van der Waals surface area contributed by atoms with Crippen molar-refractivity contribution in [1.29, 1.82) is 0 Å². The maximum absolute atomic E-state index is 12.5. The number of amides is 1. The van der Waals surface area contributed by atoms with E-state index in [-0.39, 0.29) is 30.9 Å². The number of carbonyl (C=O) groups excluding carboxylic acids is 1. The number of ether oxygens (including phenoxy) is 1. The molecule has 1 aliphatic heterocycles. The van der Waals surface area contributed by atoms with Crippen LogP contribution in [0.15, 0.2) is 29.5 Å². The van der Waals surface area contributed by atoms with Gasteiger partial charge in [0.1, 0.15) is 6.54 Å². The van der Waals surface area contributed by atoms with E-state index in [0.717, 1.165) is 0 Å². The molecule has 0 unspecified atom stereocenters. The van der Waals surface area contributed by atoms with Crippen molar-refractivity contribution in [2.24, 2.45) is 4.99 Å². The number of nitrogens with one attached hydrogen (secondary N) is 2. The molecule has 0 aliphatic carbocycles. The maximum Gasteiger partial charge on any atom is 0.246 e. The summed E-state index contributed by atoms with van der Waals surface area (Å²) in [6, 6.07) is 3.50. The molecule has 168 valence electrons. The topological polar surface area (TPSA) is 116 Å². The van der Waals surface area contributed by atoms with Crippen LogP contribution >= 0.6 is 0 Å². The van der Waals surface area contributed by atoms with Gasteiger partial charge < -0.3 is 20.3 Å². The quantitative estimate of drug-likeness (QED) is 0.421. The Kier molecular flexibility index (Phi) is 9.47. The third kappa shape index (κ3) is 7.88. The Balaban J connectivity index is 1.88. The highest BCUT2D eigenvalue weighted by molar-refractivity contribution is 7.89. The second-order valence-electron chi connectivity index (χ2n) is 7.08. The lowest BCUT2D eigenvalue weighted by Gasteiger charge is -2.35. The monoisotopic (exact) mass is 440 g/mol. The molecule has 1 aromatic heterocycles. The van der Waals surface area contributed by atoms with E-state index in [1.54, 1.807) is 24.5 Å². The first-order chi connectivity index (χ1) is 14.3. The van der Waals surface area contributed by atoms with Gasteiger partial charge in [0.2, 0.25) is 15.9 Å². The minimum absolute atomic E-state index is 0.00582. The van der Waals surface area contributed by atoms with Crippen LogP contribution in [-0.2, 0) is 19.6 Å². The van der Waals surface area contributed by atoms with Crippen LogP contribution in [0.3, 0.4) is 0 Å². The Morgan fingerprint density at radius 1 is 1.30 bits per heavy atom. The number of rotatable bonds is 9. The van der Waals surface area contributed by atoms with Crippen molar-refractivity contribution in [3.8, 4) is 0 Å². The standard InChI is InChI=1S/C19H32N6O4S/c1-4-21-19(22-15-18(26)23-17-6-5-7-20-14-17)24-8-10-25(11-9-24)30(27,28)13-12-29-16(2)3/h5-7,14,16H,4,8-13,15H2,1-3H3,(H,21,22)(H,23,26). The minimum Gasteiger partial charge on any atom is -0.378 e. The van der Waals surface area contributed by atoms with Gasteiger partial charge in [-0.2, -0.15) is 4.31 Å². The molecule has 2 rings (SSSR count). The average Bonchev–Trinajstić information content (AvgIpc) is 2.71. The Morgan fingerprint density at radius 2 is 2.03 bits per heavy atom. The molecule has 0 saturated carbocycles. The lowest BCUT2D eigenvalue weighted by atomic mass is 10.4. The summed E-state index contributed by atoms with van der Waals surface area (Å²) >= 11 is 0. The molecule has 1 aliphatic rings. The summed E-state index contributed by atoms with van der Waals surface area (Å²) in [5.74, 6) is 0.331. The van der Waals surface area contributed by atoms with Gasteiger partial charge in [0.15, 0.2) is 5.96 Å². The Labute approximate surface area is 178 Å². The Morgan fingerprint density at radius 3 is 2.63 bits per heavy atom. The first-order valence-electron chi connectivity index (χ1n) is 10.1. The molecule has 0 spiro atoms. The van der Waals surface area contributed by atoms with E-state index < -0.39 is 10.0 Å². The second-order valence-corrected chi connectivity index (χ2v) is 9.17. The number of aromatic nitrogens is 1. The smallest absolute Gasteiger partial charge is 0.246 e. The van der Waals surface area contributed by atoms with Crippen molar-refractivity contribution in [3.63, 3.8) is 0 Å². The molecule has 2 N–H and O–H groups in total. The summed E-state index contributed by atoms with van der Waals surface area (Å²) in [7, 11) is -3.35. The van der Waals surface area contributed by atoms with E-state index in [4.69, 9.17) is 4.74 Å². The fourth-order valence-corrected chi connectivity index (χ4v) is 4.19. The van der Waals surface area contributed by atoms with E-state index in [1.165, 1.54) is 4.31 Å². The fraction of sp³-hybridized carbons (Fsp3) is 0.632. The molecular weight excluding hydrogens is 408 g/mol. The van der Waals surface area contributed by atoms with Crippen LogP contribution in [0.5, 0.6) is 0 Å². The number of guanidine groups is 1. The maximum atomic E-state index is 12.5. The zero-order valence-electron chi connectivity index (χ0n) is 17.9. The van der Waals surface area contributed by atoms with Gasteiger partial charge in [-0.1, -0.05) is 0 Å². The first kappa shape index (κ1) is 24.0. The van der Waals surface area contributed by atoms with Crippen LogP contribution in [-0.4, -0.2) is 92.2 Å². The molecule has 0 bridgehead atoms. The van der Waals surface area contributed by atoms with Crippen molar-refractivity contribution in [2.75, 3.05) is 56.9 Å². The van der Waals surface area contributed by atoms with Crippen LogP contribution in [0.25, 0.3) is 0 Å². The van der Waals surface area contributed by atoms with Crippen molar-refractivity contribution >= 4 is 27.6 Å². The predicted molar refractivity (Wildman–Crippen MR) is 117 cm³/mol. The van der Waals surface area contributed by atoms with Crippen LogP contribution < -0.4 is 10.6 Å². The van der Waals surface area contributed by atoms with Crippen LogP contribution in [0.2, 0.25) is 0 Å². The van der Waals surface area contributed by atoms with Gasteiger partial charge in [-0.05, 0) is 32.9 Å². The molecule has 0 radical (unpaired) electrons. The largest absolute Gasteiger partial charge is 0.378 e. The fourth-order valence-electron chi connectivity index (χ4n) is 2.91. The van der Waals surface area contributed by atoms with Gasteiger partial charge in [-0.3, -0.25) is 9.78 Å². The third-order valence-corrected chi connectivity index (χ3v) is 6.21. The summed E-state index contributed by atoms with van der Waals surface area (Å²) < 4.78 is 31.8. The first-order valence-corrected chi connectivity index (χ1v) is 11.7. The number of hydrogen-bond acceptors (Lipinski definition) is 6. The SMILES string of the molecule is CCNC(=NCC(=O)Nc1cccnc1)N1CCN(S(=O)(=O)CCOC(C)C)CC1. The Bertz CT molecular complexity index is 793. The molecule has 11 heteroatoms. The highest BCUT2D eigenvalue weighted by Gasteiger charge is 2.28. The van der Waals surface area contributed by atoms with Crippen LogP contribution in [0.4, 0.5) is 5.69 Å². The number of aliphatic imine (C=N–C) groups is 1. The van der Waals surface area contributed by atoms with Crippen molar-refractivity contribution in [1.82, 2.24) is 19.5 Å². The van der Waals surface area contributed by atoms with E-state index >= 15 is 0 Å². The molecule has 1 fully saturated rings. The van der Waals surface area contributed by atoms with Crippen molar-refractivity contribution in [2.45, 2.75) is 26.9 Å². The Hall–Kier alpha value is -2.24. The van der Waals surface area contributed by atoms with E-state index in [9.17, 15) is 13.2 Å².